The lowest BCUT2D eigenvalue weighted by Crippen LogP contribution is -2.28. The van der Waals surface area contributed by atoms with Crippen LogP contribution in [0.15, 0.2) is 48.5 Å². The normalized spacial score (nSPS) is 15.9. The molecule has 0 bridgehead atoms. The van der Waals surface area contributed by atoms with Crippen LogP contribution in [0.25, 0.3) is 0 Å². The van der Waals surface area contributed by atoms with Gasteiger partial charge in [0.15, 0.2) is 6.61 Å². The standard InChI is InChI=1S/C21H21FN2O5/c1-2-28-16-9-7-15(8-10-16)24-12-14(11-20(24)26)21(27)29-13-19(25)23-18-6-4-3-5-17(18)22/h3-10,14H,2,11-13H2,1H3,(H,23,25)/t14-/m0/s1. The lowest BCUT2D eigenvalue weighted by atomic mass is 10.1. The Hall–Kier alpha value is -3.42. The zero-order valence-corrected chi connectivity index (χ0v) is 15.9. The molecule has 0 aromatic heterocycles. The van der Waals surface area contributed by atoms with Crippen LogP contribution >= 0.6 is 0 Å². The van der Waals surface area contributed by atoms with Gasteiger partial charge in [0, 0.05) is 18.7 Å². The minimum atomic E-state index is -0.671. The third-order valence-electron chi connectivity index (χ3n) is 4.41. The molecule has 1 atom stereocenters. The highest BCUT2D eigenvalue weighted by Crippen LogP contribution is 2.27. The Kier molecular flexibility index (Phi) is 6.43. The number of hydrogen-bond acceptors (Lipinski definition) is 5. The molecule has 152 valence electrons. The van der Waals surface area contributed by atoms with Crippen molar-refractivity contribution in [1.82, 2.24) is 0 Å². The molecule has 0 saturated carbocycles. The van der Waals surface area contributed by atoms with Gasteiger partial charge in [-0.1, -0.05) is 12.1 Å². The van der Waals surface area contributed by atoms with Gasteiger partial charge < -0.3 is 19.7 Å². The number of halogens is 1. The minimum Gasteiger partial charge on any atom is -0.494 e. The number of nitrogens with one attached hydrogen (secondary N) is 1. The molecule has 1 aliphatic heterocycles. The summed E-state index contributed by atoms with van der Waals surface area (Å²) in [5, 5.41) is 2.33. The molecule has 1 saturated heterocycles. The quantitative estimate of drug-likeness (QED) is 0.723. The van der Waals surface area contributed by atoms with Crippen molar-refractivity contribution in [2.75, 3.05) is 30.0 Å². The van der Waals surface area contributed by atoms with E-state index in [2.05, 4.69) is 5.32 Å². The summed E-state index contributed by atoms with van der Waals surface area (Å²) < 4.78 is 23.9. The Labute approximate surface area is 167 Å². The highest BCUT2D eigenvalue weighted by Gasteiger charge is 2.36. The molecule has 1 aliphatic rings. The van der Waals surface area contributed by atoms with Gasteiger partial charge in [-0.3, -0.25) is 14.4 Å². The fourth-order valence-corrected chi connectivity index (χ4v) is 3.01. The van der Waals surface area contributed by atoms with Crippen LogP contribution in [0, 0.1) is 11.7 Å². The zero-order chi connectivity index (χ0) is 20.8. The Bertz CT molecular complexity index is 900. The molecule has 2 aromatic rings. The summed E-state index contributed by atoms with van der Waals surface area (Å²) in [6.07, 6.45) is 0.000969. The van der Waals surface area contributed by atoms with Crippen molar-refractivity contribution in [1.29, 1.82) is 0 Å². The Morgan fingerprint density at radius 3 is 2.59 bits per heavy atom. The SMILES string of the molecule is CCOc1ccc(N2C[C@@H](C(=O)OCC(=O)Nc3ccccc3F)CC2=O)cc1. The average Bonchev–Trinajstić information content (AvgIpc) is 3.10. The van der Waals surface area contributed by atoms with E-state index < -0.39 is 30.2 Å². The van der Waals surface area contributed by atoms with Crippen LogP contribution in [-0.2, 0) is 19.1 Å². The minimum absolute atomic E-state index is 0.000969. The zero-order valence-electron chi connectivity index (χ0n) is 15.9. The molecule has 0 unspecified atom stereocenters. The first-order valence-electron chi connectivity index (χ1n) is 9.22. The second-order valence-electron chi connectivity index (χ2n) is 6.47. The molecule has 29 heavy (non-hydrogen) atoms. The van der Waals surface area contributed by atoms with Gasteiger partial charge in [-0.15, -0.1) is 0 Å². The molecule has 1 N–H and O–H groups in total. The summed E-state index contributed by atoms with van der Waals surface area (Å²) in [4.78, 5) is 37.9. The van der Waals surface area contributed by atoms with E-state index in [0.29, 0.717) is 18.0 Å². The number of benzene rings is 2. The predicted octanol–water partition coefficient (Wildman–Crippen LogP) is 2.76. The summed E-state index contributed by atoms with van der Waals surface area (Å²) >= 11 is 0. The number of esters is 1. The van der Waals surface area contributed by atoms with Crippen LogP contribution in [0.5, 0.6) is 5.75 Å². The fraction of sp³-hybridized carbons (Fsp3) is 0.286. The smallest absolute Gasteiger partial charge is 0.311 e. The van der Waals surface area contributed by atoms with Crippen molar-refractivity contribution < 1.29 is 28.2 Å². The second kappa shape index (κ2) is 9.18. The number of hydrogen-bond donors (Lipinski definition) is 1. The third-order valence-corrected chi connectivity index (χ3v) is 4.41. The molecule has 1 heterocycles. The molecule has 2 aromatic carbocycles. The maximum absolute atomic E-state index is 13.5. The molecule has 3 rings (SSSR count). The molecule has 1 fully saturated rings. The summed E-state index contributed by atoms with van der Waals surface area (Å²) in [7, 11) is 0. The highest BCUT2D eigenvalue weighted by atomic mass is 19.1. The van der Waals surface area contributed by atoms with Crippen molar-refractivity contribution in [3.8, 4) is 5.75 Å². The maximum atomic E-state index is 13.5. The predicted molar refractivity (Wildman–Crippen MR) is 104 cm³/mol. The van der Waals surface area contributed by atoms with Crippen LogP contribution in [0.4, 0.5) is 15.8 Å². The van der Waals surface area contributed by atoms with E-state index in [4.69, 9.17) is 9.47 Å². The van der Waals surface area contributed by atoms with Gasteiger partial charge in [0.1, 0.15) is 11.6 Å². The Balaban J connectivity index is 1.52. The first-order valence-corrected chi connectivity index (χ1v) is 9.22. The monoisotopic (exact) mass is 400 g/mol. The average molecular weight is 400 g/mol. The van der Waals surface area contributed by atoms with Gasteiger partial charge in [0.2, 0.25) is 5.91 Å². The second-order valence-corrected chi connectivity index (χ2v) is 6.47. The van der Waals surface area contributed by atoms with Crippen molar-refractivity contribution in [2.45, 2.75) is 13.3 Å². The Morgan fingerprint density at radius 2 is 1.90 bits per heavy atom. The lowest BCUT2D eigenvalue weighted by molar-refractivity contribution is -0.151. The number of nitrogens with zero attached hydrogens (tertiary/aromatic N) is 1. The van der Waals surface area contributed by atoms with Crippen LogP contribution in [-0.4, -0.2) is 37.5 Å². The Morgan fingerprint density at radius 1 is 1.17 bits per heavy atom. The lowest BCUT2D eigenvalue weighted by Gasteiger charge is -2.17. The molecule has 0 aliphatic carbocycles. The van der Waals surface area contributed by atoms with E-state index in [1.807, 2.05) is 6.92 Å². The van der Waals surface area contributed by atoms with Crippen molar-refractivity contribution in [3.05, 3.63) is 54.3 Å². The first kappa shape index (κ1) is 20.3. The van der Waals surface area contributed by atoms with Crippen molar-refractivity contribution in [2.24, 2.45) is 5.92 Å². The summed E-state index contributed by atoms with van der Waals surface area (Å²) in [6.45, 7) is 2.03. The van der Waals surface area contributed by atoms with E-state index in [0.717, 1.165) is 0 Å². The van der Waals surface area contributed by atoms with Crippen LogP contribution in [0.2, 0.25) is 0 Å². The largest absolute Gasteiger partial charge is 0.494 e. The number of carbonyl (C=O) groups is 3. The molecule has 8 heteroatoms. The van der Waals surface area contributed by atoms with E-state index in [9.17, 15) is 18.8 Å². The van der Waals surface area contributed by atoms with Crippen LogP contribution in [0.3, 0.4) is 0 Å². The first-order chi connectivity index (χ1) is 14.0. The number of para-hydroxylation sites is 1. The number of anilines is 2. The number of amides is 2. The van der Waals surface area contributed by atoms with Crippen LogP contribution in [0.1, 0.15) is 13.3 Å². The van der Waals surface area contributed by atoms with Gasteiger partial charge in [0.25, 0.3) is 5.91 Å². The van der Waals surface area contributed by atoms with Gasteiger partial charge in [-0.05, 0) is 43.3 Å². The van der Waals surface area contributed by atoms with Crippen molar-refractivity contribution >= 4 is 29.2 Å². The molecule has 0 radical (unpaired) electrons. The van der Waals surface area contributed by atoms with Crippen molar-refractivity contribution in [3.63, 3.8) is 0 Å². The summed E-state index contributed by atoms with van der Waals surface area (Å²) in [5.74, 6) is -2.06. The number of carbonyl (C=O) groups excluding carboxylic acids is 3. The molecular weight excluding hydrogens is 379 g/mol. The van der Waals surface area contributed by atoms with E-state index in [1.165, 1.54) is 23.1 Å². The van der Waals surface area contributed by atoms with Crippen LogP contribution < -0.4 is 15.0 Å². The topological polar surface area (TPSA) is 84.9 Å². The number of rotatable bonds is 7. The van der Waals surface area contributed by atoms with E-state index in [1.54, 1.807) is 30.3 Å². The summed E-state index contributed by atoms with van der Waals surface area (Å²) in [6, 6.07) is 12.7. The highest BCUT2D eigenvalue weighted by molar-refractivity contribution is 6.00. The van der Waals surface area contributed by atoms with Gasteiger partial charge in [-0.2, -0.15) is 0 Å². The third kappa shape index (κ3) is 5.10. The van der Waals surface area contributed by atoms with Gasteiger partial charge >= 0.3 is 5.97 Å². The number of ether oxygens (including phenoxy) is 2. The summed E-state index contributed by atoms with van der Waals surface area (Å²) in [5.41, 5.74) is 0.664. The molecule has 0 spiro atoms. The van der Waals surface area contributed by atoms with Gasteiger partial charge in [0.05, 0.1) is 18.2 Å². The van der Waals surface area contributed by atoms with E-state index >= 15 is 0 Å². The molecule has 7 nitrogen and oxygen atoms in total. The fourth-order valence-electron chi connectivity index (χ4n) is 3.01. The van der Waals surface area contributed by atoms with Gasteiger partial charge in [-0.25, -0.2) is 4.39 Å². The maximum Gasteiger partial charge on any atom is 0.311 e. The molecule has 2 amide bonds. The molecular formula is C21H21FN2O5. The van der Waals surface area contributed by atoms with E-state index in [-0.39, 0.29) is 24.6 Å².